The van der Waals surface area contributed by atoms with Gasteiger partial charge in [-0.05, 0) is 62.5 Å². The van der Waals surface area contributed by atoms with Gasteiger partial charge in [0.2, 0.25) is 0 Å². The summed E-state index contributed by atoms with van der Waals surface area (Å²) in [6.07, 6.45) is 7.78. The van der Waals surface area contributed by atoms with Crippen molar-refractivity contribution in [2.75, 3.05) is 31.2 Å². The van der Waals surface area contributed by atoms with Crippen molar-refractivity contribution in [1.82, 2.24) is 9.97 Å². The van der Waals surface area contributed by atoms with E-state index < -0.39 is 12.1 Å². The first-order valence-electron chi connectivity index (χ1n) is 12.5. The van der Waals surface area contributed by atoms with Crippen molar-refractivity contribution in [2.24, 2.45) is 11.3 Å². The lowest BCUT2D eigenvalue weighted by Crippen LogP contribution is -2.39. The van der Waals surface area contributed by atoms with Crippen LogP contribution in [0.25, 0.3) is 11.3 Å². The molecule has 3 heterocycles. The van der Waals surface area contributed by atoms with Gasteiger partial charge in [-0.25, -0.2) is 4.79 Å². The van der Waals surface area contributed by atoms with Crippen LogP contribution >= 0.6 is 0 Å². The van der Waals surface area contributed by atoms with Crippen LogP contribution in [0.1, 0.15) is 70.2 Å². The van der Waals surface area contributed by atoms with Crippen LogP contribution in [0.15, 0.2) is 24.5 Å². The van der Waals surface area contributed by atoms with Crippen molar-refractivity contribution in [3.8, 4) is 17.0 Å². The van der Waals surface area contributed by atoms with Crippen LogP contribution in [-0.4, -0.2) is 47.3 Å². The summed E-state index contributed by atoms with van der Waals surface area (Å²) in [6, 6.07) is 3.88. The first-order chi connectivity index (χ1) is 16.3. The lowest BCUT2D eigenvalue weighted by atomic mass is 9.82. The van der Waals surface area contributed by atoms with Crippen molar-refractivity contribution >= 4 is 11.7 Å². The molecule has 2 aliphatic rings. The molecule has 184 valence electrons. The number of aliphatic carboxylic acids is 1. The lowest BCUT2D eigenvalue weighted by molar-refractivity contribution is -0.150. The van der Waals surface area contributed by atoms with Gasteiger partial charge in [0, 0.05) is 42.7 Å². The largest absolute Gasteiger partial charge is 0.492 e. The second-order valence-corrected chi connectivity index (χ2v) is 10.4. The van der Waals surface area contributed by atoms with Gasteiger partial charge in [0.1, 0.15) is 5.75 Å². The molecular formula is C27H37N3O4. The predicted molar refractivity (Wildman–Crippen MR) is 132 cm³/mol. The summed E-state index contributed by atoms with van der Waals surface area (Å²) in [5.74, 6) is 0.437. The number of carboxylic acid groups (broad SMARTS) is 1. The molecule has 7 heteroatoms. The van der Waals surface area contributed by atoms with Crippen molar-refractivity contribution in [3.63, 3.8) is 0 Å². The molecule has 0 amide bonds. The fourth-order valence-corrected chi connectivity index (χ4v) is 4.42. The zero-order valence-electron chi connectivity index (χ0n) is 20.8. The van der Waals surface area contributed by atoms with E-state index in [2.05, 4.69) is 28.7 Å². The predicted octanol–water partition coefficient (Wildman–Crippen LogP) is 5.42. The molecule has 1 N–H and O–H groups in total. The van der Waals surface area contributed by atoms with Gasteiger partial charge in [0.25, 0.3) is 0 Å². The van der Waals surface area contributed by atoms with Crippen LogP contribution in [0.2, 0.25) is 0 Å². The Labute approximate surface area is 202 Å². The van der Waals surface area contributed by atoms with Gasteiger partial charge in [-0.1, -0.05) is 20.8 Å². The maximum atomic E-state index is 12.3. The van der Waals surface area contributed by atoms with E-state index >= 15 is 0 Å². The molecule has 2 aromatic heterocycles. The molecule has 7 nitrogen and oxygen atoms in total. The molecule has 1 saturated carbocycles. The van der Waals surface area contributed by atoms with Crippen LogP contribution in [0.3, 0.4) is 0 Å². The Hall–Kier alpha value is -2.67. The number of anilines is 1. The molecule has 0 unspecified atom stereocenters. The highest BCUT2D eigenvalue weighted by atomic mass is 16.5. The van der Waals surface area contributed by atoms with Gasteiger partial charge in [-0.2, -0.15) is 0 Å². The average Bonchev–Trinajstić information content (AvgIpc) is 3.64. The van der Waals surface area contributed by atoms with Gasteiger partial charge in [0.05, 0.1) is 24.2 Å². The minimum Gasteiger partial charge on any atom is -0.492 e. The molecule has 2 fully saturated rings. The average molecular weight is 468 g/mol. The van der Waals surface area contributed by atoms with Crippen LogP contribution in [0.4, 0.5) is 5.69 Å². The summed E-state index contributed by atoms with van der Waals surface area (Å²) < 4.78 is 11.7. The van der Waals surface area contributed by atoms with Crippen LogP contribution < -0.4 is 9.64 Å². The zero-order chi connectivity index (χ0) is 24.3. The van der Waals surface area contributed by atoms with E-state index in [4.69, 9.17) is 9.47 Å². The normalized spacial score (nSPS) is 18.5. The number of aryl methyl sites for hydroxylation is 1. The topological polar surface area (TPSA) is 84.8 Å². The monoisotopic (exact) mass is 467 g/mol. The molecule has 34 heavy (non-hydrogen) atoms. The van der Waals surface area contributed by atoms with Crippen LogP contribution in [0, 0.1) is 18.3 Å². The highest BCUT2D eigenvalue weighted by Crippen LogP contribution is 2.42. The molecule has 0 bridgehead atoms. The Balaban J connectivity index is 1.75. The number of ether oxygens (including phenoxy) is 2. The summed E-state index contributed by atoms with van der Waals surface area (Å²) in [5.41, 5.74) is 4.05. The number of hydrogen-bond donors (Lipinski definition) is 1. The Bertz CT molecular complexity index is 992. The minimum absolute atomic E-state index is 0.266. The molecule has 0 radical (unpaired) electrons. The fourth-order valence-electron chi connectivity index (χ4n) is 4.42. The first kappa shape index (κ1) is 24.5. The Morgan fingerprint density at radius 1 is 1.21 bits per heavy atom. The van der Waals surface area contributed by atoms with E-state index in [9.17, 15) is 9.90 Å². The Kier molecular flexibility index (Phi) is 7.41. The number of rotatable bonds is 10. The van der Waals surface area contributed by atoms with E-state index in [1.54, 1.807) is 6.20 Å². The minimum atomic E-state index is -1.07. The highest BCUT2D eigenvalue weighted by Gasteiger charge is 2.34. The third-order valence-corrected chi connectivity index (χ3v) is 6.89. The van der Waals surface area contributed by atoms with Gasteiger partial charge in [-0.3, -0.25) is 9.97 Å². The van der Waals surface area contributed by atoms with Crippen LogP contribution in [0.5, 0.6) is 5.75 Å². The molecular weight excluding hydrogens is 430 g/mol. The SMILES string of the molecule is CCCO[C@H](C(=O)O)c1c(C)ncc(-c2ccc(OCC3CC3)cn2)c1N1CCC(C)(C)CC1. The van der Waals surface area contributed by atoms with E-state index in [1.807, 2.05) is 32.2 Å². The Morgan fingerprint density at radius 2 is 1.94 bits per heavy atom. The quantitative estimate of drug-likeness (QED) is 0.499. The number of hydrogen-bond acceptors (Lipinski definition) is 6. The third kappa shape index (κ3) is 5.69. The van der Waals surface area contributed by atoms with Gasteiger partial charge in [-0.15, -0.1) is 0 Å². The summed E-state index contributed by atoms with van der Waals surface area (Å²) in [6.45, 7) is 11.2. The smallest absolute Gasteiger partial charge is 0.337 e. The van der Waals surface area contributed by atoms with Gasteiger partial charge >= 0.3 is 5.97 Å². The molecule has 0 aromatic carbocycles. The number of carbonyl (C=O) groups is 1. The third-order valence-electron chi connectivity index (χ3n) is 6.89. The lowest BCUT2D eigenvalue weighted by Gasteiger charge is -2.40. The summed E-state index contributed by atoms with van der Waals surface area (Å²) in [5, 5.41) is 10.1. The van der Waals surface area contributed by atoms with Crippen molar-refractivity contribution in [3.05, 3.63) is 35.8 Å². The number of carboxylic acids is 1. The number of piperidine rings is 1. The standard InChI is InChI=1S/C27H37N3O4/c1-5-14-33-25(26(31)32)23-18(2)28-16-21(24(23)30-12-10-27(3,4)11-13-30)22-9-8-20(15-29-22)34-17-19-6-7-19/h8-9,15-16,19,25H,5-7,10-14,17H2,1-4H3,(H,31,32)/t25-/m0/s1. The van der Waals surface area contributed by atoms with Crippen molar-refractivity contribution in [2.45, 2.75) is 65.9 Å². The second-order valence-electron chi connectivity index (χ2n) is 10.4. The molecule has 1 aliphatic carbocycles. The van der Waals surface area contributed by atoms with Crippen molar-refractivity contribution < 1.29 is 19.4 Å². The van der Waals surface area contributed by atoms with E-state index in [1.165, 1.54) is 12.8 Å². The highest BCUT2D eigenvalue weighted by molar-refractivity contribution is 5.85. The van der Waals surface area contributed by atoms with E-state index in [0.29, 0.717) is 23.8 Å². The van der Waals surface area contributed by atoms with E-state index in [-0.39, 0.29) is 5.41 Å². The summed E-state index contributed by atoms with van der Waals surface area (Å²) >= 11 is 0. The maximum Gasteiger partial charge on any atom is 0.337 e. The number of aromatic nitrogens is 2. The first-order valence-corrected chi connectivity index (χ1v) is 12.5. The fraction of sp³-hybridized carbons (Fsp3) is 0.593. The molecule has 1 saturated heterocycles. The molecule has 1 aliphatic heterocycles. The molecule has 2 aromatic rings. The van der Waals surface area contributed by atoms with E-state index in [0.717, 1.165) is 61.7 Å². The van der Waals surface area contributed by atoms with Crippen LogP contribution in [-0.2, 0) is 9.53 Å². The Morgan fingerprint density at radius 3 is 2.53 bits per heavy atom. The van der Waals surface area contributed by atoms with Gasteiger partial charge in [0.15, 0.2) is 6.10 Å². The number of pyridine rings is 2. The molecule has 4 rings (SSSR count). The van der Waals surface area contributed by atoms with Gasteiger partial charge < -0.3 is 19.5 Å². The molecule has 0 spiro atoms. The number of nitrogens with zero attached hydrogens (tertiary/aromatic N) is 3. The van der Waals surface area contributed by atoms with Crippen molar-refractivity contribution in [1.29, 1.82) is 0 Å². The maximum absolute atomic E-state index is 12.3. The zero-order valence-corrected chi connectivity index (χ0v) is 20.8. The molecule has 1 atom stereocenters. The second kappa shape index (κ2) is 10.3. The summed E-state index contributed by atoms with van der Waals surface area (Å²) in [7, 11) is 0. The summed E-state index contributed by atoms with van der Waals surface area (Å²) in [4.78, 5) is 23.9.